The van der Waals surface area contributed by atoms with Crippen LogP contribution in [-0.4, -0.2) is 31.1 Å². The Kier molecular flexibility index (Phi) is 2.93. The molecule has 1 N–H and O–H groups in total. The molecule has 0 bridgehead atoms. The second-order valence-corrected chi connectivity index (χ2v) is 5.04. The SMILES string of the molecule is C=CCN1C[C@H]2CON[C@]2(c2ccccc2F)C1. The Morgan fingerprint density at radius 3 is 3.17 bits per heavy atom. The average molecular weight is 248 g/mol. The van der Waals surface area contributed by atoms with Gasteiger partial charge in [-0.3, -0.25) is 4.90 Å². The van der Waals surface area contributed by atoms with Crippen LogP contribution in [0.25, 0.3) is 0 Å². The highest BCUT2D eigenvalue weighted by Crippen LogP contribution is 2.41. The number of halogens is 1. The van der Waals surface area contributed by atoms with Crippen LogP contribution in [-0.2, 0) is 10.4 Å². The fourth-order valence-corrected chi connectivity index (χ4v) is 3.10. The predicted octanol–water partition coefficient (Wildman–Crippen LogP) is 1.67. The smallest absolute Gasteiger partial charge is 0.128 e. The van der Waals surface area contributed by atoms with E-state index in [1.54, 1.807) is 6.07 Å². The van der Waals surface area contributed by atoms with E-state index < -0.39 is 5.54 Å². The number of nitrogens with one attached hydrogen (secondary N) is 1. The first-order chi connectivity index (χ1) is 8.76. The Hall–Kier alpha value is -1.23. The third-order valence-corrected chi connectivity index (χ3v) is 3.93. The molecule has 0 aromatic heterocycles. The molecule has 2 atom stereocenters. The molecule has 2 heterocycles. The zero-order valence-corrected chi connectivity index (χ0v) is 10.2. The summed E-state index contributed by atoms with van der Waals surface area (Å²) in [5, 5.41) is 0. The van der Waals surface area contributed by atoms with E-state index in [1.807, 2.05) is 18.2 Å². The van der Waals surface area contributed by atoms with Gasteiger partial charge in [0.2, 0.25) is 0 Å². The van der Waals surface area contributed by atoms with Crippen molar-refractivity contribution < 1.29 is 9.23 Å². The standard InChI is InChI=1S/C14H17FN2O/c1-2-7-17-8-11-9-18-16-14(11,10-17)12-5-3-4-6-13(12)15/h2-6,11,16H,1,7-10H2/t11-,14+/m0/s1. The van der Waals surface area contributed by atoms with Gasteiger partial charge in [0, 0.05) is 31.1 Å². The average Bonchev–Trinajstić information content (AvgIpc) is 2.87. The lowest BCUT2D eigenvalue weighted by Crippen LogP contribution is -2.43. The van der Waals surface area contributed by atoms with Crippen molar-refractivity contribution in [1.29, 1.82) is 0 Å². The summed E-state index contributed by atoms with van der Waals surface area (Å²) in [6.07, 6.45) is 1.89. The quantitative estimate of drug-likeness (QED) is 0.824. The molecular formula is C14H17FN2O. The van der Waals surface area contributed by atoms with Crippen LogP contribution in [0.4, 0.5) is 4.39 Å². The van der Waals surface area contributed by atoms with E-state index in [0.717, 1.165) is 19.6 Å². The zero-order chi connectivity index (χ0) is 12.6. The van der Waals surface area contributed by atoms with Crippen molar-refractivity contribution in [2.45, 2.75) is 5.54 Å². The Bertz CT molecular complexity index is 465. The Labute approximate surface area is 106 Å². The van der Waals surface area contributed by atoms with E-state index in [9.17, 15) is 4.39 Å². The van der Waals surface area contributed by atoms with Crippen LogP contribution in [0.1, 0.15) is 5.56 Å². The number of rotatable bonds is 3. The van der Waals surface area contributed by atoms with Crippen LogP contribution in [0.15, 0.2) is 36.9 Å². The molecule has 0 spiro atoms. The highest BCUT2D eigenvalue weighted by molar-refractivity contribution is 5.30. The first-order valence-electron chi connectivity index (χ1n) is 6.23. The summed E-state index contributed by atoms with van der Waals surface area (Å²) in [5.74, 6) is 0.121. The molecule has 0 amide bonds. The maximum Gasteiger partial charge on any atom is 0.128 e. The minimum atomic E-state index is -0.408. The first-order valence-corrected chi connectivity index (χ1v) is 6.23. The molecule has 4 heteroatoms. The summed E-state index contributed by atoms with van der Waals surface area (Å²) < 4.78 is 14.1. The summed E-state index contributed by atoms with van der Waals surface area (Å²) in [4.78, 5) is 7.66. The van der Waals surface area contributed by atoms with Gasteiger partial charge >= 0.3 is 0 Å². The fraction of sp³-hybridized carbons (Fsp3) is 0.429. The van der Waals surface area contributed by atoms with Crippen molar-refractivity contribution >= 4 is 0 Å². The van der Waals surface area contributed by atoms with E-state index in [2.05, 4.69) is 17.0 Å². The van der Waals surface area contributed by atoms with E-state index in [4.69, 9.17) is 4.84 Å². The number of hydrogen-bond donors (Lipinski definition) is 1. The van der Waals surface area contributed by atoms with Gasteiger partial charge in [0.25, 0.3) is 0 Å². The van der Waals surface area contributed by atoms with Crippen LogP contribution in [0.3, 0.4) is 0 Å². The number of benzene rings is 1. The minimum Gasteiger partial charge on any atom is -0.300 e. The largest absolute Gasteiger partial charge is 0.300 e. The van der Waals surface area contributed by atoms with Gasteiger partial charge in [-0.1, -0.05) is 24.3 Å². The maximum absolute atomic E-state index is 14.1. The van der Waals surface area contributed by atoms with Gasteiger partial charge < -0.3 is 4.84 Å². The number of nitrogens with zero attached hydrogens (tertiary/aromatic N) is 1. The molecule has 0 unspecified atom stereocenters. The van der Waals surface area contributed by atoms with Gasteiger partial charge in [0.15, 0.2) is 0 Å². The second-order valence-electron chi connectivity index (χ2n) is 5.04. The molecule has 2 aliphatic rings. The summed E-state index contributed by atoms with van der Waals surface area (Å²) in [7, 11) is 0. The molecule has 1 aromatic carbocycles. The molecule has 1 aromatic rings. The molecule has 2 aliphatic heterocycles. The zero-order valence-electron chi connectivity index (χ0n) is 10.2. The third kappa shape index (κ3) is 1.68. The van der Waals surface area contributed by atoms with Crippen molar-refractivity contribution in [3.63, 3.8) is 0 Å². The molecular weight excluding hydrogens is 231 g/mol. The normalized spacial score (nSPS) is 31.5. The number of hydrogen-bond acceptors (Lipinski definition) is 3. The fourth-order valence-electron chi connectivity index (χ4n) is 3.10. The molecule has 0 saturated carbocycles. The summed E-state index contributed by atoms with van der Waals surface area (Å²) in [5.41, 5.74) is 3.36. The van der Waals surface area contributed by atoms with Gasteiger partial charge in [-0.2, -0.15) is 5.48 Å². The molecule has 96 valence electrons. The summed E-state index contributed by atoms with van der Waals surface area (Å²) >= 11 is 0. The van der Waals surface area contributed by atoms with Gasteiger partial charge in [0.1, 0.15) is 5.82 Å². The van der Waals surface area contributed by atoms with Gasteiger partial charge in [-0.25, -0.2) is 4.39 Å². The van der Waals surface area contributed by atoms with Crippen LogP contribution in [0.5, 0.6) is 0 Å². The molecule has 3 rings (SSSR count). The molecule has 2 saturated heterocycles. The summed E-state index contributed by atoms with van der Waals surface area (Å²) in [6.45, 7) is 6.88. The number of fused-ring (bicyclic) bond motifs is 1. The van der Waals surface area contributed by atoms with Gasteiger partial charge in [-0.15, -0.1) is 6.58 Å². The Morgan fingerprint density at radius 1 is 1.56 bits per heavy atom. The van der Waals surface area contributed by atoms with Crippen LogP contribution >= 0.6 is 0 Å². The molecule has 2 fully saturated rings. The van der Waals surface area contributed by atoms with E-state index in [0.29, 0.717) is 12.2 Å². The maximum atomic E-state index is 14.1. The third-order valence-electron chi connectivity index (χ3n) is 3.93. The monoisotopic (exact) mass is 248 g/mol. The summed E-state index contributed by atoms with van der Waals surface area (Å²) in [6, 6.07) is 6.95. The van der Waals surface area contributed by atoms with Crippen LogP contribution in [0.2, 0.25) is 0 Å². The van der Waals surface area contributed by atoms with Crippen LogP contribution < -0.4 is 5.48 Å². The van der Waals surface area contributed by atoms with Crippen molar-refractivity contribution in [1.82, 2.24) is 10.4 Å². The first kappa shape index (κ1) is 11.8. The van der Waals surface area contributed by atoms with Crippen molar-refractivity contribution in [2.75, 3.05) is 26.2 Å². The molecule has 3 nitrogen and oxygen atoms in total. The highest BCUT2D eigenvalue weighted by Gasteiger charge is 2.52. The lowest BCUT2D eigenvalue weighted by molar-refractivity contribution is 0.0480. The van der Waals surface area contributed by atoms with Crippen molar-refractivity contribution in [2.24, 2.45) is 5.92 Å². The lowest BCUT2D eigenvalue weighted by Gasteiger charge is -2.28. The van der Waals surface area contributed by atoms with Crippen molar-refractivity contribution in [3.8, 4) is 0 Å². The highest BCUT2D eigenvalue weighted by atomic mass is 19.1. The molecule has 18 heavy (non-hydrogen) atoms. The number of hydroxylamine groups is 1. The Morgan fingerprint density at radius 2 is 2.39 bits per heavy atom. The van der Waals surface area contributed by atoms with Crippen molar-refractivity contribution in [3.05, 3.63) is 48.3 Å². The van der Waals surface area contributed by atoms with E-state index in [1.165, 1.54) is 6.07 Å². The Balaban J connectivity index is 1.97. The molecule has 0 radical (unpaired) electrons. The van der Waals surface area contributed by atoms with E-state index in [-0.39, 0.29) is 11.7 Å². The van der Waals surface area contributed by atoms with Crippen LogP contribution in [0, 0.1) is 11.7 Å². The topological polar surface area (TPSA) is 24.5 Å². The van der Waals surface area contributed by atoms with Gasteiger partial charge in [-0.05, 0) is 6.07 Å². The minimum absolute atomic E-state index is 0.166. The lowest BCUT2D eigenvalue weighted by atomic mass is 9.82. The van der Waals surface area contributed by atoms with E-state index >= 15 is 0 Å². The number of likely N-dealkylation sites (tertiary alicyclic amines) is 1. The second kappa shape index (κ2) is 4.46. The predicted molar refractivity (Wildman–Crippen MR) is 67.3 cm³/mol. The van der Waals surface area contributed by atoms with Gasteiger partial charge in [0.05, 0.1) is 12.1 Å². The molecule has 0 aliphatic carbocycles.